The summed E-state index contributed by atoms with van der Waals surface area (Å²) in [5, 5.41) is 7.11. The molecule has 1 aliphatic heterocycles. The van der Waals surface area contributed by atoms with E-state index in [4.69, 9.17) is 14.0 Å². The maximum atomic E-state index is 12.0. The summed E-state index contributed by atoms with van der Waals surface area (Å²) in [6, 6.07) is 17.5. The molecule has 0 radical (unpaired) electrons. The molecule has 156 valence electrons. The van der Waals surface area contributed by atoms with E-state index in [1.165, 1.54) is 5.56 Å². The molecule has 30 heavy (non-hydrogen) atoms. The monoisotopic (exact) mass is 406 g/mol. The van der Waals surface area contributed by atoms with Crippen LogP contribution in [0.25, 0.3) is 22.6 Å². The average Bonchev–Trinajstić information content (AvgIpc) is 3.28. The van der Waals surface area contributed by atoms with Gasteiger partial charge in [-0.05, 0) is 49.9 Å². The molecule has 0 aliphatic carbocycles. The van der Waals surface area contributed by atoms with Gasteiger partial charge in [-0.3, -0.25) is 4.79 Å². The Labute approximate surface area is 176 Å². The van der Waals surface area contributed by atoms with E-state index < -0.39 is 0 Å². The molecule has 0 unspecified atom stereocenters. The molecule has 4 rings (SSSR count). The van der Waals surface area contributed by atoms with Crippen molar-refractivity contribution in [2.24, 2.45) is 5.92 Å². The van der Waals surface area contributed by atoms with Gasteiger partial charge in [-0.25, -0.2) is 0 Å². The van der Waals surface area contributed by atoms with Crippen molar-refractivity contribution >= 4 is 5.91 Å². The molecular weight excluding hydrogens is 380 g/mol. The van der Waals surface area contributed by atoms with Gasteiger partial charge < -0.3 is 19.3 Å². The molecule has 1 saturated heterocycles. The molecule has 0 bridgehead atoms. The third-order valence-corrected chi connectivity index (χ3v) is 5.30. The summed E-state index contributed by atoms with van der Waals surface area (Å²) < 4.78 is 16.4. The van der Waals surface area contributed by atoms with Crippen molar-refractivity contribution in [2.45, 2.75) is 19.8 Å². The highest BCUT2D eigenvalue weighted by Crippen LogP contribution is 2.27. The summed E-state index contributed by atoms with van der Waals surface area (Å²) in [4.78, 5) is 12.0. The predicted octanol–water partition coefficient (Wildman–Crippen LogP) is 4.24. The first-order valence-electron chi connectivity index (χ1n) is 10.3. The van der Waals surface area contributed by atoms with Crippen LogP contribution in [-0.2, 0) is 9.53 Å². The molecule has 1 fully saturated rings. The SMILES string of the molecule is Cc1ccc(-c2cc(-c3ccc(OCC(=O)NCC4CCOCC4)cc3)no2)cc1. The van der Waals surface area contributed by atoms with E-state index in [1.807, 2.05) is 54.6 Å². The van der Waals surface area contributed by atoms with Crippen LogP contribution in [0.3, 0.4) is 0 Å². The number of aryl methyl sites for hydroxylation is 1. The highest BCUT2D eigenvalue weighted by molar-refractivity contribution is 5.77. The molecule has 3 aromatic rings. The van der Waals surface area contributed by atoms with Gasteiger partial charge in [-0.1, -0.05) is 35.0 Å². The van der Waals surface area contributed by atoms with Gasteiger partial charge in [0.25, 0.3) is 5.91 Å². The molecule has 6 heteroatoms. The van der Waals surface area contributed by atoms with Gasteiger partial charge >= 0.3 is 0 Å². The first-order chi connectivity index (χ1) is 14.7. The second-order valence-electron chi connectivity index (χ2n) is 7.62. The van der Waals surface area contributed by atoms with E-state index in [0.29, 0.717) is 18.2 Å². The summed E-state index contributed by atoms with van der Waals surface area (Å²) in [6.07, 6.45) is 1.99. The van der Waals surface area contributed by atoms with E-state index in [-0.39, 0.29) is 12.5 Å². The minimum atomic E-state index is -0.107. The fraction of sp³-hybridized carbons (Fsp3) is 0.333. The maximum absolute atomic E-state index is 12.0. The molecule has 2 heterocycles. The molecule has 1 aromatic heterocycles. The highest BCUT2D eigenvalue weighted by atomic mass is 16.5. The molecule has 6 nitrogen and oxygen atoms in total. The summed E-state index contributed by atoms with van der Waals surface area (Å²) in [5.41, 5.74) is 3.87. The van der Waals surface area contributed by atoms with Crippen LogP contribution in [-0.4, -0.2) is 37.4 Å². The normalized spacial score (nSPS) is 14.4. The molecular formula is C24H26N2O4. The largest absolute Gasteiger partial charge is 0.484 e. The van der Waals surface area contributed by atoms with Gasteiger partial charge in [0, 0.05) is 37.0 Å². The first-order valence-corrected chi connectivity index (χ1v) is 10.3. The van der Waals surface area contributed by atoms with Crippen molar-refractivity contribution in [3.63, 3.8) is 0 Å². The van der Waals surface area contributed by atoms with Gasteiger partial charge in [-0.15, -0.1) is 0 Å². The van der Waals surface area contributed by atoms with E-state index in [0.717, 1.165) is 48.6 Å². The van der Waals surface area contributed by atoms with Crippen molar-refractivity contribution in [3.8, 4) is 28.3 Å². The fourth-order valence-electron chi connectivity index (χ4n) is 3.40. The summed E-state index contributed by atoms with van der Waals surface area (Å²) in [5.74, 6) is 1.76. The molecule has 1 N–H and O–H groups in total. The van der Waals surface area contributed by atoms with Crippen LogP contribution in [0.1, 0.15) is 18.4 Å². The Morgan fingerprint density at radius 1 is 1.07 bits per heavy atom. The molecule has 1 amide bonds. The van der Waals surface area contributed by atoms with Crippen LogP contribution in [0.5, 0.6) is 5.75 Å². The number of aromatic nitrogens is 1. The van der Waals surface area contributed by atoms with Crippen LogP contribution < -0.4 is 10.1 Å². The Kier molecular flexibility index (Phi) is 6.44. The van der Waals surface area contributed by atoms with Gasteiger partial charge in [0.15, 0.2) is 12.4 Å². The summed E-state index contributed by atoms with van der Waals surface area (Å²) in [7, 11) is 0. The zero-order valence-corrected chi connectivity index (χ0v) is 17.1. The third kappa shape index (κ3) is 5.27. The topological polar surface area (TPSA) is 73.6 Å². The lowest BCUT2D eigenvalue weighted by Gasteiger charge is -2.22. The van der Waals surface area contributed by atoms with Gasteiger partial charge in [0.2, 0.25) is 0 Å². The minimum Gasteiger partial charge on any atom is -0.484 e. The van der Waals surface area contributed by atoms with Crippen LogP contribution in [0.2, 0.25) is 0 Å². The first kappa shape index (κ1) is 20.2. The number of carbonyl (C=O) groups is 1. The van der Waals surface area contributed by atoms with E-state index >= 15 is 0 Å². The summed E-state index contributed by atoms with van der Waals surface area (Å²) in [6.45, 7) is 4.29. The standard InChI is InChI=1S/C24H26N2O4/c1-17-2-4-20(5-3-17)23-14-22(26-30-23)19-6-8-21(9-7-19)29-16-24(27)25-15-18-10-12-28-13-11-18/h2-9,14,18H,10-13,15-16H2,1H3,(H,25,27). The number of nitrogens with one attached hydrogen (secondary N) is 1. The number of carbonyl (C=O) groups excluding carboxylic acids is 1. The van der Waals surface area contributed by atoms with E-state index in [1.54, 1.807) is 0 Å². The number of ether oxygens (including phenoxy) is 2. The lowest BCUT2D eigenvalue weighted by molar-refractivity contribution is -0.123. The zero-order valence-electron chi connectivity index (χ0n) is 17.1. The van der Waals surface area contributed by atoms with Crippen molar-refractivity contribution < 1.29 is 18.8 Å². The number of hydrogen-bond acceptors (Lipinski definition) is 5. The fourth-order valence-corrected chi connectivity index (χ4v) is 3.40. The number of amides is 1. The predicted molar refractivity (Wildman–Crippen MR) is 114 cm³/mol. The minimum absolute atomic E-state index is 0.00407. The van der Waals surface area contributed by atoms with Gasteiger partial charge in [0.1, 0.15) is 11.4 Å². The van der Waals surface area contributed by atoms with Gasteiger partial charge in [-0.2, -0.15) is 0 Å². The lowest BCUT2D eigenvalue weighted by Crippen LogP contribution is -2.35. The van der Waals surface area contributed by atoms with E-state index in [2.05, 4.69) is 17.4 Å². The van der Waals surface area contributed by atoms with E-state index in [9.17, 15) is 4.79 Å². The number of benzene rings is 2. The molecule has 0 spiro atoms. The second kappa shape index (κ2) is 9.59. The molecule has 2 aromatic carbocycles. The van der Waals surface area contributed by atoms with Crippen LogP contribution in [0, 0.1) is 12.8 Å². The quantitative estimate of drug-likeness (QED) is 0.635. The lowest BCUT2D eigenvalue weighted by atomic mass is 10.0. The molecule has 1 aliphatic rings. The van der Waals surface area contributed by atoms with Crippen molar-refractivity contribution in [2.75, 3.05) is 26.4 Å². The maximum Gasteiger partial charge on any atom is 0.257 e. The van der Waals surface area contributed by atoms with Crippen molar-refractivity contribution in [3.05, 3.63) is 60.2 Å². The third-order valence-electron chi connectivity index (χ3n) is 5.30. The number of hydrogen-bond donors (Lipinski definition) is 1. The second-order valence-corrected chi connectivity index (χ2v) is 7.62. The Morgan fingerprint density at radius 2 is 1.77 bits per heavy atom. The Morgan fingerprint density at radius 3 is 2.50 bits per heavy atom. The number of nitrogens with zero attached hydrogens (tertiary/aromatic N) is 1. The molecule has 0 atom stereocenters. The highest BCUT2D eigenvalue weighted by Gasteiger charge is 2.15. The smallest absolute Gasteiger partial charge is 0.257 e. The Hall–Kier alpha value is -3.12. The number of rotatable bonds is 7. The zero-order chi connectivity index (χ0) is 20.8. The van der Waals surface area contributed by atoms with Gasteiger partial charge in [0.05, 0.1) is 0 Å². The van der Waals surface area contributed by atoms with Crippen LogP contribution >= 0.6 is 0 Å². The van der Waals surface area contributed by atoms with Crippen molar-refractivity contribution in [1.29, 1.82) is 0 Å². The Balaban J connectivity index is 1.28. The van der Waals surface area contributed by atoms with Crippen LogP contribution in [0.4, 0.5) is 0 Å². The Bertz CT molecular complexity index is 958. The summed E-state index contributed by atoms with van der Waals surface area (Å²) >= 11 is 0. The average molecular weight is 406 g/mol. The van der Waals surface area contributed by atoms with Crippen molar-refractivity contribution in [1.82, 2.24) is 10.5 Å². The van der Waals surface area contributed by atoms with Crippen LogP contribution in [0.15, 0.2) is 59.1 Å². The molecule has 0 saturated carbocycles.